The molecule has 1 N–H and O–H groups in total. The molecule has 0 saturated heterocycles. The second-order valence-electron chi connectivity index (χ2n) is 6.94. The lowest BCUT2D eigenvalue weighted by Crippen LogP contribution is -2.24. The Labute approximate surface area is 180 Å². The van der Waals surface area contributed by atoms with E-state index in [-0.39, 0.29) is 25.3 Å². The van der Waals surface area contributed by atoms with Gasteiger partial charge in [0.2, 0.25) is 11.8 Å². The monoisotopic (exact) mass is 426 g/mol. The fourth-order valence-corrected chi connectivity index (χ4v) is 3.22. The molecule has 0 aliphatic carbocycles. The van der Waals surface area contributed by atoms with Gasteiger partial charge in [-0.05, 0) is 37.1 Å². The standard InChI is InChI=1S/C23H26N2O6/c1-15-18-7-6-17(29-3)13-20(18)31-23(27)19(15)8-9-21(26)25-14-16-5-4-10-24-22(16)30-12-11-28-2/h4-7,10,13H,8-9,11-12,14H2,1-3H3,(H,25,26). The van der Waals surface area contributed by atoms with E-state index in [9.17, 15) is 9.59 Å². The van der Waals surface area contributed by atoms with Gasteiger partial charge in [-0.3, -0.25) is 4.79 Å². The Bertz CT molecular complexity index is 1110. The molecule has 0 saturated carbocycles. The molecular weight excluding hydrogens is 400 g/mol. The molecule has 1 amide bonds. The fourth-order valence-electron chi connectivity index (χ4n) is 3.22. The van der Waals surface area contributed by atoms with Crippen molar-refractivity contribution in [2.45, 2.75) is 26.3 Å². The second-order valence-corrected chi connectivity index (χ2v) is 6.94. The molecule has 2 heterocycles. The maximum atomic E-state index is 12.4. The quantitative estimate of drug-likeness (QED) is 0.393. The Hall–Kier alpha value is -3.39. The Morgan fingerprint density at radius 1 is 1.19 bits per heavy atom. The van der Waals surface area contributed by atoms with Gasteiger partial charge >= 0.3 is 5.63 Å². The van der Waals surface area contributed by atoms with Crippen LogP contribution >= 0.6 is 0 Å². The van der Waals surface area contributed by atoms with Gasteiger partial charge in [-0.1, -0.05) is 6.07 Å². The van der Waals surface area contributed by atoms with Crippen LogP contribution in [0, 0.1) is 6.92 Å². The number of methoxy groups -OCH3 is 2. The van der Waals surface area contributed by atoms with Gasteiger partial charge in [0.25, 0.3) is 0 Å². The van der Waals surface area contributed by atoms with E-state index in [0.717, 1.165) is 16.5 Å². The van der Waals surface area contributed by atoms with E-state index in [1.54, 1.807) is 32.5 Å². The number of carbonyl (C=O) groups excluding carboxylic acids is 1. The zero-order valence-electron chi connectivity index (χ0n) is 17.9. The molecule has 1 aromatic carbocycles. The third-order valence-electron chi connectivity index (χ3n) is 4.95. The molecule has 0 atom stereocenters. The van der Waals surface area contributed by atoms with Crippen molar-refractivity contribution in [3.05, 3.63) is 63.6 Å². The lowest BCUT2D eigenvalue weighted by Gasteiger charge is -2.11. The molecule has 2 aromatic heterocycles. The number of nitrogens with zero attached hydrogens (tertiary/aromatic N) is 1. The van der Waals surface area contributed by atoms with Gasteiger partial charge in [0.15, 0.2) is 0 Å². The molecule has 0 fully saturated rings. The van der Waals surface area contributed by atoms with Crippen LogP contribution in [0.4, 0.5) is 0 Å². The summed E-state index contributed by atoms with van der Waals surface area (Å²) in [7, 11) is 3.15. The van der Waals surface area contributed by atoms with Crippen LogP contribution in [-0.2, 0) is 22.5 Å². The van der Waals surface area contributed by atoms with Crippen molar-refractivity contribution in [3.63, 3.8) is 0 Å². The number of hydrogen-bond donors (Lipinski definition) is 1. The largest absolute Gasteiger partial charge is 0.497 e. The van der Waals surface area contributed by atoms with E-state index in [4.69, 9.17) is 18.6 Å². The number of hydrogen-bond acceptors (Lipinski definition) is 7. The van der Waals surface area contributed by atoms with Crippen LogP contribution in [0.3, 0.4) is 0 Å². The molecule has 3 rings (SSSR count). The van der Waals surface area contributed by atoms with Gasteiger partial charge in [-0.2, -0.15) is 0 Å². The molecule has 3 aromatic rings. The van der Waals surface area contributed by atoms with Gasteiger partial charge in [0, 0.05) is 48.9 Å². The lowest BCUT2D eigenvalue weighted by atomic mass is 10.0. The Balaban J connectivity index is 1.63. The number of amides is 1. The van der Waals surface area contributed by atoms with E-state index in [1.165, 1.54) is 0 Å². The number of fused-ring (bicyclic) bond motifs is 1. The molecule has 164 valence electrons. The number of ether oxygens (including phenoxy) is 3. The van der Waals surface area contributed by atoms with Crippen LogP contribution in [-0.4, -0.2) is 38.3 Å². The first-order valence-electron chi connectivity index (χ1n) is 9.96. The Morgan fingerprint density at radius 3 is 2.81 bits per heavy atom. The predicted molar refractivity (Wildman–Crippen MR) is 116 cm³/mol. The zero-order valence-corrected chi connectivity index (χ0v) is 17.9. The summed E-state index contributed by atoms with van der Waals surface area (Å²) >= 11 is 0. The molecule has 8 heteroatoms. The minimum atomic E-state index is -0.438. The van der Waals surface area contributed by atoms with Gasteiger partial charge < -0.3 is 23.9 Å². The van der Waals surface area contributed by atoms with Gasteiger partial charge in [-0.15, -0.1) is 0 Å². The number of benzene rings is 1. The van der Waals surface area contributed by atoms with Crippen molar-refractivity contribution in [3.8, 4) is 11.6 Å². The Morgan fingerprint density at radius 2 is 2.03 bits per heavy atom. The average molecular weight is 426 g/mol. The highest BCUT2D eigenvalue weighted by Gasteiger charge is 2.14. The van der Waals surface area contributed by atoms with Gasteiger partial charge in [0.05, 0.1) is 13.7 Å². The van der Waals surface area contributed by atoms with Crippen LogP contribution in [0.15, 0.2) is 45.7 Å². The second kappa shape index (κ2) is 10.6. The molecule has 0 bridgehead atoms. The van der Waals surface area contributed by atoms with E-state index in [1.807, 2.05) is 25.1 Å². The molecule has 0 unspecified atom stereocenters. The van der Waals surface area contributed by atoms with Crippen molar-refractivity contribution in [1.82, 2.24) is 10.3 Å². The van der Waals surface area contributed by atoms with Gasteiger partial charge in [-0.25, -0.2) is 9.78 Å². The fraction of sp³-hybridized carbons (Fsp3) is 0.348. The summed E-state index contributed by atoms with van der Waals surface area (Å²) in [5.41, 5.74) is 2.10. The van der Waals surface area contributed by atoms with E-state index >= 15 is 0 Å². The smallest absolute Gasteiger partial charge is 0.339 e. The molecule has 0 aliphatic rings. The molecule has 0 radical (unpaired) electrons. The summed E-state index contributed by atoms with van der Waals surface area (Å²) in [6, 6.07) is 8.96. The summed E-state index contributed by atoms with van der Waals surface area (Å²) in [6.07, 6.45) is 2.07. The number of carbonyl (C=O) groups is 1. The minimum absolute atomic E-state index is 0.160. The predicted octanol–water partition coefficient (Wildman–Crippen LogP) is 2.78. The van der Waals surface area contributed by atoms with E-state index in [2.05, 4.69) is 10.3 Å². The highest BCUT2D eigenvalue weighted by Crippen LogP contribution is 2.24. The van der Waals surface area contributed by atoms with Crippen molar-refractivity contribution in [2.75, 3.05) is 27.4 Å². The number of nitrogens with one attached hydrogen (secondary N) is 1. The molecule has 0 spiro atoms. The van der Waals surface area contributed by atoms with Crippen molar-refractivity contribution in [2.24, 2.45) is 0 Å². The maximum Gasteiger partial charge on any atom is 0.339 e. The van der Waals surface area contributed by atoms with Crippen molar-refractivity contribution in [1.29, 1.82) is 0 Å². The first kappa shape index (κ1) is 22.3. The van der Waals surface area contributed by atoms with E-state index < -0.39 is 5.63 Å². The van der Waals surface area contributed by atoms with Gasteiger partial charge in [0.1, 0.15) is 17.9 Å². The maximum absolute atomic E-state index is 12.4. The van der Waals surface area contributed by atoms with Crippen molar-refractivity contribution < 1.29 is 23.4 Å². The number of pyridine rings is 1. The Kier molecular flexibility index (Phi) is 7.61. The summed E-state index contributed by atoms with van der Waals surface area (Å²) in [5.74, 6) is 0.893. The SMILES string of the molecule is COCCOc1ncccc1CNC(=O)CCc1c(C)c2ccc(OC)cc2oc1=O. The van der Waals surface area contributed by atoms with Crippen LogP contribution in [0.5, 0.6) is 11.6 Å². The zero-order chi connectivity index (χ0) is 22.2. The third-order valence-corrected chi connectivity index (χ3v) is 4.95. The normalized spacial score (nSPS) is 10.8. The average Bonchev–Trinajstić information content (AvgIpc) is 2.78. The number of aryl methyl sites for hydroxylation is 1. The first-order chi connectivity index (χ1) is 15.0. The summed E-state index contributed by atoms with van der Waals surface area (Å²) < 4.78 is 21.2. The van der Waals surface area contributed by atoms with E-state index in [0.29, 0.717) is 36.0 Å². The lowest BCUT2D eigenvalue weighted by molar-refractivity contribution is -0.121. The topological polar surface area (TPSA) is 99.9 Å². The highest BCUT2D eigenvalue weighted by molar-refractivity contribution is 5.82. The first-order valence-corrected chi connectivity index (χ1v) is 9.96. The molecule has 0 aliphatic heterocycles. The van der Waals surface area contributed by atoms with Crippen LogP contribution in [0.1, 0.15) is 23.1 Å². The number of rotatable bonds is 10. The summed E-state index contributed by atoms with van der Waals surface area (Å²) in [5, 5.41) is 3.67. The van der Waals surface area contributed by atoms with Crippen LogP contribution in [0.25, 0.3) is 11.0 Å². The minimum Gasteiger partial charge on any atom is -0.497 e. The molecule has 31 heavy (non-hydrogen) atoms. The van der Waals surface area contributed by atoms with Crippen LogP contribution in [0.2, 0.25) is 0 Å². The number of aromatic nitrogens is 1. The molecular formula is C23H26N2O6. The van der Waals surface area contributed by atoms with Crippen molar-refractivity contribution >= 4 is 16.9 Å². The summed E-state index contributed by atoms with van der Waals surface area (Å²) in [4.78, 5) is 29.0. The molecule has 8 nitrogen and oxygen atoms in total. The third kappa shape index (κ3) is 5.61. The summed E-state index contributed by atoms with van der Waals surface area (Å²) in [6.45, 7) is 2.96. The van der Waals surface area contributed by atoms with Crippen LogP contribution < -0.4 is 20.4 Å². The highest BCUT2D eigenvalue weighted by atomic mass is 16.5.